The Morgan fingerprint density at radius 1 is 0.352 bits per heavy atom. The summed E-state index contributed by atoms with van der Waals surface area (Å²) in [6, 6.07) is 67.4. The number of nitrogens with zero attached hydrogens (tertiary/aromatic N) is 3. The van der Waals surface area contributed by atoms with Crippen molar-refractivity contribution in [2.24, 2.45) is 0 Å². The molecule has 3 nitrogen and oxygen atoms in total. The van der Waals surface area contributed by atoms with E-state index >= 15 is 0 Å². The molecule has 0 aliphatic heterocycles. The minimum Gasteiger partial charge on any atom is -0.309 e. The van der Waals surface area contributed by atoms with Gasteiger partial charge in [-0.1, -0.05) is 140 Å². The summed E-state index contributed by atoms with van der Waals surface area (Å²) in [5, 5.41) is 6.20. The predicted molar refractivity (Wildman–Crippen MR) is 229 cm³/mol. The number of benzene rings is 8. The van der Waals surface area contributed by atoms with E-state index in [9.17, 15) is 0 Å². The molecule has 0 atom stereocenters. The van der Waals surface area contributed by atoms with E-state index in [1.165, 1.54) is 53.1 Å². The quantitative estimate of drug-likeness (QED) is 0.178. The van der Waals surface area contributed by atoms with Gasteiger partial charge in [-0.3, -0.25) is 0 Å². The van der Waals surface area contributed by atoms with Crippen LogP contribution in [0.1, 0.15) is 0 Å². The third kappa shape index (κ3) is 5.03. The molecule has 4 heteroatoms. The van der Waals surface area contributed by atoms with Crippen molar-refractivity contribution in [3.63, 3.8) is 0 Å². The summed E-state index contributed by atoms with van der Waals surface area (Å²) in [7, 11) is 0. The van der Waals surface area contributed by atoms with E-state index in [4.69, 9.17) is 9.97 Å². The van der Waals surface area contributed by atoms with E-state index < -0.39 is 0 Å². The van der Waals surface area contributed by atoms with Gasteiger partial charge >= 0.3 is 0 Å². The van der Waals surface area contributed by atoms with Gasteiger partial charge in [-0.05, 0) is 70.8 Å². The van der Waals surface area contributed by atoms with Gasteiger partial charge in [0, 0.05) is 53.1 Å². The van der Waals surface area contributed by atoms with Crippen molar-refractivity contribution < 1.29 is 0 Å². The molecule has 3 aromatic heterocycles. The first-order chi connectivity index (χ1) is 26.7. The maximum absolute atomic E-state index is 5.07. The Bertz CT molecular complexity index is 3190. The fraction of sp³-hybridized carbons (Fsp3) is 0. The fourth-order valence-corrected chi connectivity index (χ4v) is 9.06. The molecule has 0 saturated heterocycles. The van der Waals surface area contributed by atoms with Crippen LogP contribution in [-0.4, -0.2) is 14.5 Å². The minimum absolute atomic E-state index is 0.726. The molecule has 252 valence electrons. The van der Waals surface area contributed by atoms with Gasteiger partial charge in [0.1, 0.15) is 0 Å². The lowest BCUT2D eigenvalue weighted by Gasteiger charge is -2.11. The molecule has 54 heavy (non-hydrogen) atoms. The first kappa shape index (κ1) is 30.7. The first-order valence-electron chi connectivity index (χ1n) is 18.2. The number of rotatable bonds is 5. The highest BCUT2D eigenvalue weighted by Crippen LogP contribution is 2.39. The summed E-state index contributed by atoms with van der Waals surface area (Å²) in [4.78, 5) is 10.0. The van der Waals surface area contributed by atoms with E-state index in [1.54, 1.807) is 0 Å². The molecular weight excluding hydrogens is 675 g/mol. The summed E-state index contributed by atoms with van der Waals surface area (Å²) in [6.45, 7) is 0. The summed E-state index contributed by atoms with van der Waals surface area (Å²) >= 11 is 1.86. The van der Waals surface area contributed by atoms with Gasteiger partial charge in [-0.2, -0.15) is 0 Å². The number of aromatic nitrogens is 3. The lowest BCUT2D eigenvalue weighted by molar-refractivity contribution is 1.18. The van der Waals surface area contributed by atoms with Crippen LogP contribution in [0.4, 0.5) is 0 Å². The molecule has 11 aromatic rings. The molecule has 0 amide bonds. The number of fused-ring (bicyclic) bond motifs is 7. The summed E-state index contributed by atoms with van der Waals surface area (Å²) in [6.07, 6.45) is 0. The van der Waals surface area contributed by atoms with Gasteiger partial charge in [0.15, 0.2) is 5.82 Å². The fourth-order valence-electron chi connectivity index (χ4n) is 7.97. The molecule has 8 aromatic carbocycles. The van der Waals surface area contributed by atoms with Crippen molar-refractivity contribution in [2.45, 2.75) is 0 Å². The number of hydrogen-bond acceptors (Lipinski definition) is 3. The van der Waals surface area contributed by atoms with Crippen molar-refractivity contribution in [2.75, 3.05) is 0 Å². The SMILES string of the molecule is c1ccc(-c2nc(-c3ccc(-c4ccc(-n5c6ccccc6c6ccc(-c7ccc8sc9ccccc9c8c7)cc65)cc4)cc3)nc3ccccc23)cc1. The van der Waals surface area contributed by atoms with E-state index in [1.807, 2.05) is 29.5 Å². The number of para-hydroxylation sites is 2. The van der Waals surface area contributed by atoms with Crippen LogP contribution in [0.3, 0.4) is 0 Å². The van der Waals surface area contributed by atoms with Crippen LogP contribution in [0.15, 0.2) is 188 Å². The molecule has 0 N–H and O–H groups in total. The smallest absolute Gasteiger partial charge is 0.160 e. The molecule has 0 bridgehead atoms. The predicted octanol–water partition coefficient (Wildman–Crippen LogP) is 13.8. The van der Waals surface area contributed by atoms with Gasteiger partial charge < -0.3 is 4.57 Å². The first-order valence-corrected chi connectivity index (χ1v) is 19.1. The normalized spacial score (nSPS) is 11.7. The standard InChI is InChI=1S/C50H31N3S/c1-2-10-34(11-3-1)49-42-14-4-7-15-44(42)51-50(52-49)35-20-18-32(19-21-35)33-22-26-38(27-23-33)53-45-16-8-5-12-39(45)40-28-24-37(31-46(40)53)36-25-29-48-43(30-36)41-13-6-9-17-47(41)54-48/h1-31H. The van der Waals surface area contributed by atoms with Crippen LogP contribution >= 0.6 is 11.3 Å². The van der Waals surface area contributed by atoms with Crippen LogP contribution in [0.2, 0.25) is 0 Å². The Labute approximate surface area is 316 Å². The number of hydrogen-bond donors (Lipinski definition) is 0. The second-order valence-corrected chi connectivity index (χ2v) is 14.9. The number of thiophene rings is 1. The van der Waals surface area contributed by atoms with Gasteiger partial charge in [-0.25, -0.2) is 9.97 Å². The minimum atomic E-state index is 0.726. The highest BCUT2D eigenvalue weighted by Gasteiger charge is 2.15. The Kier molecular flexibility index (Phi) is 7.04. The Balaban J connectivity index is 0.957. The summed E-state index contributed by atoms with van der Waals surface area (Å²) in [5.41, 5.74) is 12.3. The van der Waals surface area contributed by atoms with Crippen LogP contribution in [0.5, 0.6) is 0 Å². The Hall–Kier alpha value is -6.88. The molecular formula is C50H31N3S. The highest BCUT2D eigenvalue weighted by atomic mass is 32.1. The highest BCUT2D eigenvalue weighted by molar-refractivity contribution is 7.25. The molecule has 0 unspecified atom stereocenters. The lowest BCUT2D eigenvalue weighted by atomic mass is 10.0. The maximum atomic E-state index is 5.07. The molecule has 0 radical (unpaired) electrons. The van der Waals surface area contributed by atoms with Crippen molar-refractivity contribution in [3.8, 4) is 50.6 Å². The molecule has 3 heterocycles. The topological polar surface area (TPSA) is 30.7 Å². The van der Waals surface area contributed by atoms with Crippen LogP contribution in [0, 0.1) is 0 Å². The van der Waals surface area contributed by atoms with Crippen LogP contribution < -0.4 is 0 Å². The van der Waals surface area contributed by atoms with E-state index in [0.717, 1.165) is 50.4 Å². The second-order valence-electron chi connectivity index (χ2n) is 13.8. The zero-order valence-corrected chi connectivity index (χ0v) is 30.0. The average molecular weight is 706 g/mol. The maximum Gasteiger partial charge on any atom is 0.160 e. The molecule has 11 rings (SSSR count). The summed E-state index contributed by atoms with van der Waals surface area (Å²) < 4.78 is 5.06. The van der Waals surface area contributed by atoms with Crippen LogP contribution in [-0.2, 0) is 0 Å². The zero-order valence-electron chi connectivity index (χ0n) is 29.1. The van der Waals surface area contributed by atoms with Crippen molar-refractivity contribution in [3.05, 3.63) is 188 Å². The van der Waals surface area contributed by atoms with Crippen molar-refractivity contribution >= 4 is 64.2 Å². The monoisotopic (exact) mass is 705 g/mol. The van der Waals surface area contributed by atoms with E-state index in [-0.39, 0.29) is 0 Å². The van der Waals surface area contributed by atoms with Crippen molar-refractivity contribution in [1.29, 1.82) is 0 Å². The molecule has 0 saturated carbocycles. The Morgan fingerprint density at radius 3 is 1.78 bits per heavy atom. The Morgan fingerprint density at radius 2 is 0.944 bits per heavy atom. The van der Waals surface area contributed by atoms with Crippen molar-refractivity contribution in [1.82, 2.24) is 14.5 Å². The van der Waals surface area contributed by atoms with Crippen LogP contribution in [0.25, 0.3) is 103 Å². The molecule has 0 spiro atoms. The largest absolute Gasteiger partial charge is 0.309 e. The van der Waals surface area contributed by atoms with Gasteiger partial charge in [0.25, 0.3) is 0 Å². The van der Waals surface area contributed by atoms with Gasteiger partial charge in [0.2, 0.25) is 0 Å². The molecule has 0 aliphatic carbocycles. The second kappa shape index (κ2) is 12.4. The summed E-state index contributed by atoms with van der Waals surface area (Å²) in [5.74, 6) is 0.726. The van der Waals surface area contributed by atoms with Gasteiger partial charge in [-0.15, -0.1) is 11.3 Å². The average Bonchev–Trinajstić information content (AvgIpc) is 3.79. The third-order valence-electron chi connectivity index (χ3n) is 10.6. The molecule has 0 aliphatic rings. The van der Waals surface area contributed by atoms with E-state index in [2.05, 4.69) is 174 Å². The van der Waals surface area contributed by atoms with E-state index in [0.29, 0.717) is 0 Å². The molecule has 0 fully saturated rings. The van der Waals surface area contributed by atoms with Gasteiger partial charge in [0.05, 0.1) is 22.2 Å². The zero-order chi connectivity index (χ0) is 35.6. The third-order valence-corrected chi connectivity index (χ3v) is 11.8. The lowest BCUT2D eigenvalue weighted by Crippen LogP contribution is -1.95.